The zero-order valence-corrected chi connectivity index (χ0v) is 15.4. The van der Waals surface area contributed by atoms with Crippen LogP contribution in [0.5, 0.6) is 0 Å². The van der Waals surface area contributed by atoms with Gasteiger partial charge in [-0.1, -0.05) is 42.5 Å². The first-order chi connectivity index (χ1) is 13.2. The van der Waals surface area contributed by atoms with Crippen molar-refractivity contribution >= 4 is 39.5 Å². The highest BCUT2D eigenvalue weighted by Gasteiger charge is 2.15. The van der Waals surface area contributed by atoms with Crippen LogP contribution in [-0.2, 0) is 11.3 Å². The van der Waals surface area contributed by atoms with Gasteiger partial charge < -0.3 is 9.15 Å². The largest absolute Gasteiger partial charge is 0.457 e. The lowest BCUT2D eigenvalue weighted by molar-refractivity contribution is 0.0470. The van der Waals surface area contributed by atoms with Crippen molar-refractivity contribution in [1.82, 2.24) is 0 Å². The first-order valence-electron chi connectivity index (χ1n) is 8.42. The average molecular weight is 376 g/mol. The minimum Gasteiger partial charge on any atom is -0.457 e. The van der Waals surface area contributed by atoms with Gasteiger partial charge in [-0.15, -0.1) is 11.8 Å². The smallest absolute Gasteiger partial charge is 0.339 e. The second kappa shape index (κ2) is 7.29. The van der Waals surface area contributed by atoms with Gasteiger partial charge in [-0.3, -0.25) is 0 Å². The summed E-state index contributed by atoms with van der Waals surface area (Å²) in [6.45, 7) is -0.00233. The Bertz CT molecular complexity index is 1210. The standard InChI is InChI=1S/C22H16O4S/c1-27-19-9-5-4-8-17(19)22(24)25-13-15-12-20(23)26-18-11-10-14-6-2-3-7-16(14)21(15)18/h2-12H,13H2,1H3. The van der Waals surface area contributed by atoms with Crippen LogP contribution in [0.3, 0.4) is 0 Å². The van der Waals surface area contributed by atoms with E-state index in [1.54, 1.807) is 18.2 Å². The molecule has 0 aliphatic carbocycles. The second-order valence-corrected chi connectivity index (χ2v) is 6.87. The maximum atomic E-state index is 12.5. The quantitative estimate of drug-likeness (QED) is 0.216. The molecule has 4 rings (SSSR count). The molecule has 0 N–H and O–H groups in total. The van der Waals surface area contributed by atoms with E-state index in [4.69, 9.17) is 9.15 Å². The molecule has 0 saturated carbocycles. The van der Waals surface area contributed by atoms with Crippen molar-refractivity contribution in [3.8, 4) is 0 Å². The maximum absolute atomic E-state index is 12.5. The van der Waals surface area contributed by atoms with Crippen LogP contribution in [0.15, 0.2) is 80.8 Å². The molecule has 0 bridgehead atoms. The van der Waals surface area contributed by atoms with Crippen molar-refractivity contribution < 1.29 is 13.9 Å². The summed E-state index contributed by atoms with van der Waals surface area (Å²) in [5.41, 5.74) is 1.17. The van der Waals surface area contributed by atoms with Crippen LogP contribution < -0.4 is 5.63 Å². The van der Waals surface area contributed by atoms with Crippen molar-refractivity contribution in [3.63, 3.8) is 0 Å². The van der Waals surface area contributed by atoms with Crippen molar-refractivity contribution in [2.24, 2.45) is 0 Å². The number of carbonyl (C=O) groups is 1. The number of fused-ring (bicyclic) bond motifs is 3. The SMILES string of the molecule is CSc1ccccc1C(=O)OCc1cc(=O)oc2ccc3ccccc3c12. The summed E-state index contributed by atoms with van der Waals surface area (Å²) in [6, 6.07) is 20.2. The van der Waals surface area contributed by atoms with E-state index in [-0.39, 0.29) is 6.61 Å². The van der Waals surface area contributed by atoms with E-state index in [0.717, 1.165) is 21.1 Å². The second-order valence-electron chi connectivity index (χ2n) is 6.03. The third-order valence-corrected chi connectivity index (χ3v) is 5.20. The Balaban J connectivity index is 1.74. The fraction of sp³-hybridized carbons (Fsp3) is 0.0909. The van der Waals surface area contributed by atoms with Crippen LogP contribution >= 0.6 is 11.8 Å². The van der Waals surface area contributed by atoms with Gasteiger partial charge in [0.25, 0.3) is 0 Å². The van der Waals surface area contributed by atoms with Gasteiger partial charge in [0.1, 0.15) is 12.2 Å². The van der Waals surface area contributed by atoms with Crippen molar-refractivity contribution in [3.05, 3.63) is 88.3 Å². The van der Waals surface area contributed by atoms with Gasteiger partial charge in [-0.25, -0.2) is 9.59 Å². The number of hydrogen-bond acceptors (Lipinski definition) is 5. The summed E-state index contributed by atoms with van der Waals surface area (Å²) < 4.78 is 10.9. The molecule has 0 amide bonds. The summed E-state index contributed by atoms with van der Waals surface area (Å²) in [4.78, 5) is 25.3. The molecule has 27 heavy (non-hydrogen) atoms. The molecule has 0 saturated heterocycles. The van der Waals surface area contributed by atoms with Gasteiger partial charge in [0, 0.05) is 21.9 Å². The van der Waals surface area contributed by atoms with Gasteiger partial charge in [-0.2, -0.15) is 0 Å². The highest BCUT2D eigenvalue weighted by Crippen LogP contribution is 2.28. The summed E-state index contributed by atoms with van der Waals surface area (Å²) in [5.74, 6) is -0.415. The molecule has 1 heterocycles. The summed E-state index contributed by atoms with van der Waals surface area (Å²) in [7, 11) is 0. The van der Waals surface area contributed by atoms with E-state index in [2.05, 4.69) is 0 Å². The van der Waals surface area contributed by atoms with E-state index in [1.165, 1.54) is 17.8 Å². The predicted molar refractivity (Wildman–Crippen MR) is 107 cm³/mol. The Hall–Kier alpha value is -3.05. The Morgan fingerprint density at radius 1 is 1.04 bits per heavy atom. The number of benzene rings is 3. The number of hydrogen-bond donors (Lipinski definition) is 0. The molecule has 4 nitrogen and oxygen atoms in total. The van der Waals surface area contributed by atoms with Gasteiger partial charge in [0.15, 0.2) is 0 Å². The topological polar surface area (TPSA) is 56.5 Å². The molecule has 0 spiro atoms. The maximum Gasteiger partial charge on any atom is 0.339 e. The summed E-state index contributed by atoms with van der Waals surface area (Å²) >= 11 is 1.49. The molecule has 4 aromatic rings. The van der Waals surface area contributed by atoms with E-state index >= 15 is 0 Å². The predicted octanol–water partition coefficient (Wildman–Crippen LogP) is 5.03. The Kier molecular flexibility index (Phi) is 4.69. The summed E-state index contributed by atoms with van der Waals surface area (Å²) in [5, 5.41) is 2.77. The Labute approximate surface area is 159 Å². The molecule has 3 aromatic carbocycles. The van der Waals surface area contributed by atoms with Crippen LogP contribution in [0.1, 0.15) is 15.9 Å². The van der Waals surface area contributed by atoms with Crippen LogP contribution in [0.2, 0.25) is 0 Å². The number of thioether (sulfide) groups is 1. The number of carbonyl (C=O) groups excluding carboxylic acids is 1. The van der Waals surface area contributed by atoms with E-state index < -0.39 is 11.6 Å². The zero-order chi connectivity index (χ0) is 18.8. The van der Waals surface area contributed by atoms with Crippen LogP contribution in [0.25, 0.3) is 21.7 Å². The Morgan fingerprint density at radius 2 is 1.81 bits per heavy atom. The number of ether oxygens (including phenoxy) is 1. The van der Waals surface area contributed by atoms with Gasteiger partial charge in [0.05, 0.1) is 5.56 Å². The number of rotatable bonds is 4. The number of esters is 1. The fourth-order valence-corrected chi connectivity index (χ4v) is 3.75. The lowest BCUT2D eigenvalue weighted by Gasteiger charge is -2.11. The minimum absolute atomic E-state index is 0.00233. The third-order valence-electron chi connectivity index (χ3n) is 4.40. The average Bonchev–Trinajstić information content (AvgIpc) is 2.71. The van der Waals surface area contributed by atoms with Gasteiger partial charge >= 0.3 is 11.6 Å². The van der Waals surface area contributed by atoms with Crippen LogP contribution in [0.4, 0.5) is 0 Å². The first kappa shape index (κ1) is 17.4. The molecule has 0 atom stereocenters. The van der Waals surface area contributed by atoms with E-state index in [1.807, 2.05) is 48.7 Å². The molecule has 0 aliphatic heterocycles. The highest BCUT2D eigenvalue weighted by atomic mass is 32.2. The molecule has 1 aromatic heterocycles. The molecular weight excluding hydrogens is 360 g/mol. The summed E-state index contributed by atoms with van der Waals surface area (Å²) in [6.07, 6.45) is 1.91. The van der Waals surface area contributed by atoms with Crippen LogP contribution in [0, 0.1) is 0 Å². The van der Waals surface area contributed by atoms with Crippen molar-refractivity contribution in [2.75, 3.05) is 6.26 Å². The fourth-order valence-electron chi connectivity index (χ4n) is 3.17. The van der Waals surface area contributed by atoms with Crippen LogP contribution in [-0.4, -0.2) is 12.2 Å². The molecule has 0 radical (unpaired) electrons. The minimum atomic E-state index is -0.464. The molecule has 0 unspecified atom stereocenters. The van der Waals surface area contributed by atoms with Crippen molar-refractivity contribution in [2.45, 2.75) is 11.5 Å². The first-order valence-corrected chi connectivity index (χ1v) is 9.64. The highest BCUT2D eigenvalue weighted by molar-refractivity contribution is 7.98. The molecule has 134 valence electrons. The normalized spacial score (nSPS) is 11.0. The molecule has 5 heteroatoms. The Morgan fingerprint density at radius 3 is 2.67 bits per heavy atom. The van der Waals surface area contributed by atoms with Crippen molar-refractivity contribution in [1.29, 1.82) is 0 Å². The lowest BCUT2D eigenvalue weighted by atomic mass is 10.0. The van der Waals surface area contributed by atoms with E-state index in [9.17, 15) is 9.59 Å². The molecular formula is C22H16O4S. The van der Waals surface area contributed by atoms with E-state index in [0.29, 0.717) is 16.7 Å². The zero-order valence-electron chi connectivity index (χ0n) is 14.6. The van der Waals surface area contributed by atoms with Gasteiger partial charge in [-0.05, 0) is 35.2 Å². The molecule has 0 fully saturated rings. The molecule has 0 aliphatic rings. The lowest BCUT2D eigenvalue weighted by Crippen LogP contribution is -2.09. The van der Waals surface area contributed by atoms with Gasteiger partial charge in [0.2, 0.25) is 0 Å². The third kappa shape index (κ3) is 3.34. The monoisotopic (exact) mass is 376 g/mol.